The van der Waals surface area contributed by atoms with E-state index in [1.807, 2.05) is 0 Å². The lowest BCUT2D eigenvalue weighted by molar-refractivity contribution is 0.541. The number of hydrogen-bond acceptors (Lipinski definition) is 1. The van der Waals surface area contributed by atoms with Crippen molar-refractivity contribution in [3.8, 4) is 0 Å². The van der Waals surface area contributed by atoms with Crippen molar-refractivity contribution in [3.63, 3.8) is 0 Å². The molecule has 0 saturated carbocycles. The number of allylic oxidation sites excluding steroid dienone is 2. The lowest BCUT2D eigenvalue weighted by Crippen LogP contribution is -2.14. The normalized spacial score (nSPS) is 17.1. The predicted octanol–water partition coefficient (Wildman–Crippen LogP) is 2.72. The average Bonchev–Trinajstić information content (AvgIpc) is 1.87. The fraction of sp³-hybridized carbons (Fsp3) is 0.800. The van der Waals surface area contributed by atoms with Crippen LogP contribution in [0, 0.1) is 5.92 Å². The van der Waals surface area contributed by atoms with E-state index in [0.29, 0.717) is 6.04 Å². The van der Waals surface area contributed by atoms with Gasteiger partial charge in [-0.3, -0.25) is 0 Å². The zero-order valence-corrected chi connectivity index (χ0v) is 8.01. The fourth-order valence-electron chi connectivity index (χ4n) is 1.19. The van der Waals surface area contributed by atoms with Gasteiger partial charge in [-0.1, -0.05) is 25.5 Å². The Morgan fingerprint density at radius 3 is 2.36 bits per heavy atom. The minimum absolute atomic E-state index is 0.368. The highest BCUT2D eigenvalue weighted by Crippen LogP contribution is 2.09. The second kappa shape index (κ2) is 6.41. The Morgan fingerprint density at radius 2 is 1.91 bits per heavy atom. The molecule has 0 aromatic rings. The molecule has 0 aromatic heterocycles. The topological polar surface area (TPSA) is 26.0 Å². The van der Waals surface area contributed by atoms with Gasteiger partial charge in [0.05, 0.1) is 0 Å². The first-order valence-electron chi connectivity index (χ1n) is 4.55. The summed E-state index contributed by atoms with van der Waals surface area (Å²) in [5.74, 6) is 0.721. The van der Waals surface area contributed by atoms with Gasteiger partial charge in [-0.25, -0.2) is 0 Å². The van der Waals surface area contributed by atoms with E-state index in [0.717, 1.165) is 12.3 Å². The Labute approximate surface area is 70.7 Å². The second-order valence-electron chi connectivity index (χ2n) is 3.41. The van der Waals surface area contributed by atoms with E-state index in [1.165, 1.54) is 12.8 Å². The van der Waals surface area contributed by atoms with Crippen LogP contribution in [-0.2, 0) is 0 Å². The van der Waals surface area contributed by atoms with Crippen molar-refractivity contribution in [2.75, 3.05) is 0 Å². The third-order valence-electron chi connectivity index (χ3n) is 1.84. The predicted molar refractivity (Wildman–Crippen MR) is 51.5 cm³/mol. The Balaban J connectivity index is 3.24. The van der Waals surface area contributed by atoms with Crippen LogP contribution in [0.5, 0.6) is 0 Å². The molecule has 2 N–H and O–H groups in total. The maximum absolute atomic E-state index is 5.63. The molecule has 0 rings (SSSR count). The van der Waals surface area contributed by atoms with Gasteiger partial charge in [0.1, 0.15) is 0 Å². The van der Waals surface area contributed by atoms with Gasteiger partial charge in [0.2, 0.25) is 0 Å². The standard InChI is InChI=1S/C10H21N/c1-4-6-9(2)7-5-8-10(3)11/h4,6,9-10H,5,7-8,11H2,1-3H3. The Kier molecular flexibility index (Phi) is 6.24. The molecule has 66 valence electrons. The maximum atomic E-state index is 5.63. The SMILES string of the molecule is CC=CC(C)CCCC(C)N. The van der Waals surface area contributed by atoms with Crippen LogP contribution in [0.4, 0.5) is 0 Å². The zero-order chi connectivity index (χ0) is 8.69. The lowest BCUT2D eigenvalue weighted by atomic mass is 10.0. The van der Waals surface area contributed by atoms with Crippen molar-refractivity contribution >= 4 is 0 Å². The van der Waals surface area contributed by atoms with Crippen LogP contribution in [0.25, 0.3) is 0 Å². The summed E-state index contributed by atoms with van der Waals surface area (Å²) in [5.41, 5.74) is 5.63. The first kappa shape index (κ1) is 10.7. The van der Waals surface area contributed by atoms with Crippen LogP contribution in [-0.4, -0.2) is 6.04 Å². The first-order valence-corrected chi connectivity index (χ1v) is 4.55. The zero-order valence-electron chi connectivity index (χ0n) is 8.01. The molecule has 0 aromatic carbocycles. The average molecular weight is 155 g/mol. The number of nitrogens with two attached hydrogens (primary N) is 1. The van der Waals surface area contributed by atoms with Crippen molar-refractivity contribution in [2.24, 2.45) is 11.7 Å². The van der Waals surface area contributed by atoms with Crippen molar-refractivity contribution in [3.05, 3.63) is 12.2 Å². The second-order valence-corrected chi connectivity index (χ2v) is 3.41. The van der Waals surface area contributed by atoms with Crippen LogP contribution < -0.4 is 5.73 Å². The molecule has 2 unspecified atom stereocenters. The molecule has 0 aliphatic heterocycles. The van der Waals surface area contributed by atoms with Crippen molar-refractivity contribution in [1.29, 1.82) is 0 Å². The monoisotopic (exact) mass is 155 g/mol. The van der Waals surface area contributed by atoms with Gasteiger partial charge < -0.3 is 5.73 Å². The molecule has 0 radical (unpaired) electrons. The van der Waals surface area contributed by atoms with Crippen molar-refractivity contribution in [1.82, 2.24) is 0 Å². The van der Waals surface area contributed by atoms with E-state index >= 15 is 0 Å². The van der Waals surface area contributed by atoms with Gasteiger partial charge in [0.15, 0.2) is 0 Å². The molecule has 0 spiro atoms. The highest BCUT2D eigenvalue weighted by atomic mass is 14.6. The van der Waals surface area contributed by atoms with E-state index < -0.39 is 0 Å². The smallest absolute Gasteiger partial charge is 0.00104 e. The lowest BCUT2D eigenvalue weighted by Gasteiger charge is -2.07. The van der Waals surface area contributed by atoms with Crippen LogP contribution in [0.3, 0.4) is 0 Å². The minimum Gasteiger partial charge on any atom is -0.328 e. The summed E-state index contributed by atoms with van der Waals surface area (Å²) in [7, 11) is 0. The Morgan fingerprint density at radius 1 is 1.27 bits per heavy atom. The van der Waals surface area contributed by atoms with Crippen LogP contribution in [0.2, 0.25) is 0 Å². The summed E-state index contributed by atoms with van der Waals surface area (Å²) in [4.78, 5) is 0. The molecule has 0 amide bonds. The molecule has 0 fully saturated rings. The summed E-state index contributed by atoms with van der Waals surface area (Å²) in [6.07, 6.45) is 8.05. The molecule has 0 aliphatic rings. The summed E-state index contributed by atoms with van der Waals surface area (Å²) >= 11 is 0. The fourth-order valence-corrected chi connectivity index (χ4v) is 1.19. The largest absolute Gasteiger partial charge is 0.328 e. The number of rotatable bonds is 5. The molecule has 0 aliphatic carbocycles. The van der Waals surface area contributed by atoms with E-state index in [2.05, 4.69) is 32.9 Å². The highest BCUT2D eigenvalue weighted by Gasteiger charge is 1.98. The molecule has 0 bridgehead atoms. The molecule has 0 heterocycles. The molecular formula is C10H21N. The third kappa shape index (κ3) is 7.60. The Bertz CT molecular complexity index is 105. The van der Waals surface area contributed by atoms with Gasteiger partial charge in [-0.2, -0.15) is 0 Å². The van der Waals surface area contributed by atoms with Crippen LogP contribution >= 0.6 is 0 Å². The van der Waals surface area contributed by atoms with Gasteiger partial charge in [-0.05, 0) is 32.6 Å². The summed E-state index contributed by atoms with van der Waals surface area (Å²) in [6.45, 7) is 6.39. The van der Waals surface area contributed by atoms with Gasteiger partial charge >= 0.3 is 0 Å². The van der Waals surface area contributed by atoms with Crippen molar-refractivity contribution in [2.45, 2.75) is 46.1 Å². The summed E-state index contributed by atoms with van der Waals surface area (Å²) in [6, 6.07) is 0.368. The molecule has 11 heavy (non-hydrogen) atoms. The molecule has 0 saturated heterocycles. The van der Waals surface area contributed by atoms with E-state index in [4.69, 9.17) is 5.73 Å². The third-order valence-corrected chi connectivity index (χ3v) is 1.84. The highest BCUT2D eigenvalue weighted by molar-refractivity contribution is 4.82. The van der Waals surface area contributed by atoms with E-state index in [-0.39, 0.29) is 0 Å². The van der Waals surface area contributed by atoms with Gasteiger partial charge in [-0.15, -0.1) is 0 Å². The molecule has 1 heteroatoms. The molecule has 1 nitrogen and oxygen atoms in total. The van der Waals surface area contributed by atoms with Crippen LogP contribution in [0.1, 0.15) is 40.0 Å². The van der Waals surface area contributed by atoms with E-state index in [1.54, 1.807) is 0 Å². The molecular weight excluding hydrogens is 134 g/mol. The number of hydrogen-bond donors (Lipinski definition) is 1. The van der Waals surface area contributed by atoms with Crippen molar-refractivity contribution < 1.29 is 0 Å². The minimum atomic E-state index is 0.368. The van der Waals surface area contributed by atoms with Crippen LogP contribution in [0.15, 0.2) is 12.2 Å². The molecule has 2 atom stereocenters. The summed E-state index contributed by atoms with van der Waals surface area (Å²) < 4.78 is 0. The summed E-state index contributed by atoms with van der Waals surface area (Å²) in [5, 5.41) is 0. The maximum Gasteiger partial charge on any atom is 0.00104 e. The van der Waals surface area contributed by atoms with Gasteiger partial charge in [0.25, 0.3) is 0 Å². The quantitative estimate of drug-likeness (QED) is 0.607. The Hall–Kier alpha value is -0.300. The van der Waals surface area contributed by atoms with E-state index in [9.17, 15) is 0 Å². The first-order chi connectivity index (χ1) is 5.16. The van der Waals surface area contributed by atoms with Gasteiger partial charge in [0, 0.05) is 6.04 Å².